The molecule has 1 saturated heterocycles. The molecule has 1 fully saturated rings. The van der Waals surface area contributed by atoms with E-state index >= 15 is 0 Å². The second kappa shape index (κ2) is 7.66. The zero-order valence-electron chi connectivity index (χ0n) is 15.4. The van der Waals surface area contributed by atoms with Crippen LogP contribution in [-0.2, 0) is 10.9 Å². The molecule has 5 nitrogen and oxygen atoms in total. The predicted molar refractivity (Wildman–Crippen MR) is 113 cm³/mol. The second-order valence-corrected chi connectivity index (χ2v) is 8.45. The van der Waals surface area contributed by atoms with Crippen molar-refractivity contribution in [3.8, 4) is 0 Å². The summed E-state index contributed by atoms with van der Waals surface area (Å²) < 4.78 is 6.90. The lowest BCUT2D eigenvalue weighted by atomic mass is 9.96. The SMILES string of the molecule is c1ccc(C(c2ccccc2)N2CCN3C(=NN=S3c3cccnc3)C2)cc1. The van der Waals surface area contributed by atoms with Crippen LogP contribution in [0.25, 0.3) is 0 Å². The van der Waals surface area contributed by atoms with Crippen molar-refractivity contribution < 1.29 is 0 Å². The number of hydrogen-bond donors (Lipinski definition) is 0. The zero-order valence-corrected chi connectivity index (χ0v) is 16.2. The Bertz CT molecular complexity index is 965. The van der Waals surface area contributed by atoms with Gasteiger partial charge in [-0.25, -0.2) is 0 Å². The molecule has 2 aromatic carbocycles. The Morgan fingerprint density at radius 1 is 0.821 bits per heavy atom. The number of rotatable bonds is 4. The summed E-state index contributed by atoms with van der Waals surface area (Å²) >= 11 is 0. The Kier molecular flexibility index (Phi) is 4.72. The van der Waals surface area contributed by atoms with Gasteiger partial charge in [-0.2, -0.15) is 0 Å². The Morgan fingerprint density at radius 3 is 2.18 bits per heavy atom. The molecule has 2 aliphatic rings. The molecule has 1 aromatic heterocycles. The van der Waals surface area contributed by atoms with Crippen LogP contribution in [0.3, 0.4) is 0 Å². The van der Waals surface area contributed by atoms with Gasteiger partial charge in [0.25, 0.3) is 0 Å². The molecule has 3 heterocycles. The molecule has 140 valence electrons. The lowest BCUT2D eigenvalue weighted by Gasteiger charge is -2.39. The molecule has 3 aromatic rings. The van der Waals surface area contributed by atoms with Crippen molar-refractivity contribution in [2.45, 2.75) is 10.9 Å². The van der Waals surface area contributed by atoms with Crippen LogP contribution in [-0.4, -0.2) is 39.7 Å². The molecule has 1 atom stereocenters. The molecule has 0 radical (unpaired) electrons. The highest BCUT2D eigenvalue weighted by Crippen LogP contribution is 2.31. The van der Waals surface area contributed by atoms with E-state index < -0.39 is 0 Å². The van der Waals surface area contributed by atoms with Crippen LogP contribution in [0.1, 0.15) is 17.2 Å². The molecule has 28 heavy (non-hydrogen) atoms. The Balaban J connectivity index is 1.42. The quantitative estimate of drug-likeness (QED) is 0.682. The van der Waals surface area contributed by atoms with Crippen LogP contribution in [0, 0.1) is 0 Å². The van der Waals surface area contributed by atoms with Crippen molar-refractivity contribution in [3.63, 3.8) is 0 Å². The fourth-order valence-electron chi connectivity index (χ4n) is 3.82. The summed E-state index contributed by atoms with van der Waals surface area (Å²) in [4.78, 5) is 7.88. The molecular weight excluding hydrogens is 366 g/mol. The average Bonchev–Trinajstić information content (AvgIpc) is 3.19. The minimum absolute atomic E-state index is 0.216. The maximum Gasteiger partial charge on any atom is 0.153 e. The molecule has 0 spiro atoms. The summed E-state index contributed by atoms with van der Waals surface area (Å²) in [5, 5.41) is 4.55. The average molecular weight is 388 g/mol. The van der Waals surface area contributed by atoms with Gasteiger partial charge in [0, 0.05) is 25.5 Å². The second-order valence-electron chi connectivity index (χ2n) is 6.85. The van der Waals surface area contributed by atoms with Crippen molar-refractivity contribution >= 4 is 16.7 Å². The number of aromatic nitrogens is 1. The van der Waals surface area contributed by atoms with Crippen LogP contribution in [0.2, 0.25) is 0 Å². The highest BCUT2D eigenvalue weighted by Gasteiger charge is 2.33. The molecule has 0 N–H and O–H groups in total. The third kappa shape index (κ3) is 3.25. The fraction of sp³-hybridized carbons (Fsp3) is 0.182. The van der Waals surface area contributed by atoms with E-state index in [2.05, 4.69) is 90.5 Å². The standard InChI is InChI=1S/C22H21N5S/c1-3-8-18(9-4-1)22(19-10-5-2-6-11-19)26-14-15-27-21(17-26)24-25-28(27)20-12-7-13-23-16-20/h1-13,16,22H,14-15,17H2. The van der Waals surface area contributed by atoms with E-state index in [0.29, 0.717) is 0 Å². The van der Waals surface area contributed by atoms with Gasteiger partial charge >= 0.3 is 0 Å². The van der Waals surface area contributed by atoms with E-state index in [1.54, 1.807) is 6.20 Å². The highest BCUT2D eigenvalue weighted by molar-refractivity contribution is 7.85. The predicted octanol–water partition coefficient (Wildman–Crippen LogP) is 3.89. The van der Waals surface area contributed by atoms with E-state index in [9.17, 15) is 0 Å². The van der Waals surface area contributed by atoms with E-state index in [4.69, 9.17) is 0 Å². The minimum Gasteiger partial charge on any atom is -0.286 e. The molecule has 2 aliphatic heterocycles. The molecule has 1 unspecified atom stereocenters. The topological polar surface area (TPSA) is 44.1 Å². The Hall–Kier alpha value is -2.83. The molecular formula is C22H21N5S. The van der Waals surface area contributed by atoms with Gasteiger partial charge < -0.3 is 0 Å². The van der Waals surface area contributed by atoms with Crippen LogP contribution < -0.4 is 0 Å². The zero-order chi connectivity index (χ0) is 18.8. The number of pyridine rings is 1. The van der Waals surface area contributed by atoms with E-state index in [1.165, 1.54) is 11.1 Å². The number of amidine groups is 1. The van der Waals surface area contributed by atoms with Gasteiger partial charge in [0.1, 0.15) is 0 Å². The van der Waals surface area contributed by atoms with Gasteiger partial charge in [-0.05, 0) is 23.3 Å². The maximum absolute atomic E-state index is 4.56. The largest absolute Gasteiger partial charge is 0.286 e. The maximum atomic E-state index is 4.56. The van der Waals surface area contributed by atoms with E-state index in [0.717, 1.165) is 30.4 Å². The van der Waals surface area contributed by atoms with E-state index in [1.807, 2.05) is 12.3 Å². The summed E-state index contributed by atoms with van der Waals surface area (Å²) in [5.41, 5.74) is 2.62. The third-order valence-electron chi connectivity index (χ3n) is 5.11. The number of nitrogens with zero attached hydrogens (tertiary/aromatic N) is 5. The molecule has 0 aliphatic carbocycles. The number of fused-ring (bicyclic) bond motifs is 1. The minimum atomic E-state index is -0.359. The van der Waals surface area contributed by atoms with Crippen LogP contribution >= 0.6 is 0 Å². The summed E-state index contributed by atoms with van der Waals surface area (Å²) in [6.45, 7) is 2.67. The summed E-state index contributed by atoms with van der Waals surface area (Å²) in [7, 11) is -0.359. The molecule has 0 amide bonds. The number of piperazine rings is 1. The fourth-order valence-corrected chi connectivity index (χ4v) is 5.33. The molecule has 5 rings (SSSR count). The first kappa shape index (κ1) is 17.3. The van der Waals surface area contributed by atoms with Crippen molar-refractivity contribution in [3.05, 3.63) is 96.3 Å². The third-order valence-corrected chi connectivity index (χ3v) is 6.82. The van der Waals surface area contributed by atoms with Gasteiger partial charge in [0.15, 0.2) is 5.84 Å². The Morgan fingerprint density at radius 2 is 1.54 bits per heavy atom. The smallest absolute Gasteiger partial charge is 0.153 e. The van der Waals surface area contributed by atoms with Gasteiger partial charge in [-0.15, -0.1) is 9.57 Å². The lowest BCUT2D eigenvalue weighted by molar-refractivity contribution is 0.226. The van der Waals surface area contributed by atoms with Crippen LogP contribution in [0.4, 0.5) is 0 Å². The van der Waals surface area contributed by atoms with Gasteiger partial charge in [0.2, 0.25) is 0 Å². The monoisotopic (exact) mass is 387 g/mol. The van der Waals surface area contributed by atoms with Gasteiger partial charge in [-0.3, -0.25) is 14.2 Å². The van der Waals surface area contributed by atoms with Crippen molar-refractivity contribution in [1.29, 1.82) is 0 Å². The first-order valence-corrected chi connectivity index (χ1v) is 10.6. The first-order chi connectivity index (χ1) is 13.9. The van der Waals surface area contributed by atoms with Gasteiger partial charge in [-0.1, -0.05) is 60.7 Å². The van der Waals surface area contributed by atoms with Crippen molar-refractivity contribution in [1.82, 2.24) is 14.2 Å². The Labute approximate surface area is 167 Å². The normalized spacial score (nSPS) is 19.2. The summed E-state index contributed by atoms with van der Waals surface area (Å²) in [5.74, 6) is 1.05. The van der Waals surface area contributed by atoms with Crippen LogP contribution in [0.5, 0.6) is 0 Å². The first-order valence-electron chi connectivity index (χ1n) is 9.44. The molecule has 6 heteroatoms. The summed E-state index contributed by atoms with van der Waals surface area (Å²) in [6.07, 6.45) is 3.70. The number of hydrogen-bond acceptors (Lipinski definition) is 5. The van der Waals surface area contributed by atoms with Gasteiger partial charge in [0.05, 0.1) is 28.4 Å². The van der Waals surface area contributed by atoms with Crippen LogP contribution in [0.15, 0.2) is 99.7 Å². The molecule has 0 saturated carbocycles. The number of benzene rings is 2. The van der Waals surface area contributed by atoms with Crippen molar-refractivity contribution in [2.75, 3.05) is 19.6 Å². The highest BCUT2D eigenvalue weighted by atomic mass is 32.2. The molecule has 0 bridgehead atoms. The van der Waals surface area contributed by atoms with Crippen molar-refractivity contribution in [2.24, 2.45) is 9.57 Å². The summed E-state index contributed by atoms with van der Waals surface area (Å²) in [6, 6.07) is 25.7. The van der Waals surface area contributed by atoms with E-state index in [-0.39, 0.29) is 16.9 Å². The lowest BCUT2D eigenvalue weighted by Crippen LogP contribution is -2.50.